The van der Waals surface area contributed by atoms with E-state index in [1.165, 1.54) is 5.54 Å². The van der Waals surface area contributed by atoms with Gasteiger partial charge in [-0.1, -0.05) is 29.8 Å². The standard InChI is InChI=1S/C12H15ClFN/c1-9-6-11(7-10(2)12(9)14)8-15-5-3-4-13/h3-4,6-7,15H,5,8H2,1-2H3/b4-3+. The van der Waals surface area contributed by atoms with E-state index in [0.29, 0.717) is 11.1 Å². The number of hydrogen-bond donors (Lipinski definition) is 1. The van der Waals surface area contributed by atoms with E-state index in [1.54, 1.807) is 13.8 Å². The van der Waals surface area contributed by atoms with Gasteiger partial charge < -0.3 is 5.32 Å². The van der Waals surface area contributed by atoms with Gasteiger partial charge in [0.05, 0.1) is 0 Å². The minimum Gasteiger partial charge on any atom is -0.309 e. The Hall–Kier alpha value is -0.860. The summed E-state index contributed by atoms with van der Waals surface area (Å²) in [5.74, 6) is -0.112. The van der Waals surface area contributed by atoms with Crippen LogP contribution in [0.25, 0.3) is 0 Å². The molecule has 0 saturated heterocycles. The third kappa shape index (κ3) is 3.65. The highest BCUT2D eigenvalue weighted by molar-refractivity contribution is 6.25. The summed E-state index contributed by atoms with van der Waals surface area (Å²) in [7, 11) is 0. The number of rotatable bonds is 4. The highest BCUT2D eigenvalue weighted by Crippen LogP contribution is 2.14. The maximum atomic E-state index is 13.3. The fourth-order valence-electron chi connectivity index (χ4n) is 1.48. The van der Waals surface area contributed by atoms with Gasteiger partial charge in [0, 0.05) is 18.6 Å². The van der Waals surface area contributed by atoms with E-state index < -0.39 is 0 Å². The van der Waals surface area contributed by atoms with Crippen LogP contribution in [0.3, 0.4) is 0 Å². The first-order valence-electron chi connectivity index (χ1n) is 4.86. The number of halogens is 2. The molecule has 1 aromatic rings. The largest absolute Gasteiger partial charge is 0.309 e. The molecule has 0 amide bonds. The molecule has 0 aliphatic carbocycles. The Balaban J connectivity index is 2.62. The summed E-state index contributed by atoms with van der Waals surface area (Å²) >= 11 is 5.38. The average molecular weight is 228 g/mol. The monoisotopic (exact) mass is 227 g/mol. The molecule has 0 heterocycles. The molecule has 3 heteroatoms. The van der Waals surface area contributed by atoms with Crippen LogP contribution in [0.1, 0.15) is 16.7 Å². The Bertz CT molecular complexity index is 338. The topological polar surface area (TPSA) is 12.0 Å². The highest BCUT2D eigenvalue weighted by atomic mass is 35.5. The third-order valence-electron chi connectivity index (χ3n) is 2.18. The van der Waals surface area contributed by atoms with E-state index in [1.807, 2.05) is 18.2 Å². The van der Waals surface area contributed by atoms with Crippen LogP contribution >= 0.6 is 11.6 Å². The minimum atomic E-state index is -0.112. The lowest BCUT2D eigenvalue weighted by Gasteiger charge is -2.07. The van der Waals surface area contributed by atoms with Gasteiger partial charge in [0.1, 0.15) is 5.82 Å². The molecule has 0 bridgehead atoms. The molecule has 0 spiro atoms. The number of nitrogens with one attached hydrogen (secondary N) is 1. The molecule has 0 unspecified atom stereocenters. The molecule has 82 valence electrons. The molecule has 0 fully saturated rings. The van der Waals surface area contributed by atoms with Crippen molar-refractivity contribution < 1.29 is 4.39 Å². The Kier molecular flexibility index (Phi) is 4.79. The molecule has 1 rings (SSSR count). The van der Waals surface area contributed by atoms with E-state index >= 15 is 0 Å². The van der Waals surface area contributed by atoms with Gasteiger partial charge in [0.15, 0.2) is 0 Å². The number of hydrogen-bond acceptors (Lipinski definition) is 1. The van der Waals surface area contributed by atoms with Crippen molar-refractivity contribution >= 4 is 11.6 Å². The van der Waals surface area contributed by atoms with E-state index in [9.17, 15) is 4.39 Å². The Morgan fingerprint density at radius 1 is 1.33 bits per heavy atom. The molecule has 0 saturated carbocycles. The average Bonchev–Trinajstić information content (AvgIpc) is 2.21. The van der Waals surface area contributed by atoms with Gasteiger partial charge in [-0.25, -0.2) is 4.39 Å². The summed E-state index contributed by atoms with van der Waals surface area (Å²) in [6.45, 7) is 5.01. The molecule has 0 aromatic heterocycles. The zero-order chi connectivity index (χ0) is 11.3. The van der Waals surface area contributed by atoms with Crippen molar-refractivity contribution in [2.45, 2.75) is 20.4 Å². The normalized spacial score (nSPS) is 11.2. The fraction of sp³-hybridized carbons (Fsp3) is 0.333. The van der Waals surface area contributed by atoms with Gasteiger partial charge in [-0.15, -0.1) is 0 Å². The van der Waals surface area contributed by atoms with Crippen LogP contribution in [0.2, 0.25) is 0 Å². The van der Waals surface area contributed by atoms with Gasteiger partial charge in [-0.05, 0) is 30.5 Å². The molecular formula is C12H15ClFN. The summed E-state index contributed by atoms with van der Waals surface area (Å²) in [5, 5.41) is 3.18. The lowest BCUT2D eigenvalue weighted by molar-refractivity contribution is 0.607. The predicted molar refractivity (Wildman–Crippen MR) is 62.6 cm³/mol. The highest BCUT2D eigenvalue weighted by Gasteiger charge is 2.03. The van der Waals surface area contributed by atoms with Crippen molar-refractivity contribution in [1.29, 1.82) is 0 Å². The molecule has 0 aliphatic heterocycles. The first-order chi connectivity index (χ1) is 7.15. The van der Waals surface area contributed by atoms with Crippen molar-refractivity contribution in [2.75, 3.05) is 6.54 Å². The minimum absolute atomic E-state index is 0.112. The smallest absolute Gasteiger partial charge is 0.129 e. The second-order valence-corrected chi connectivity index (χ2v) is 3.79. The first kappa shape index (κ1) is 12.2. The van der Waals surface area contributed by atoms with Crippen LogP contribution in [0.4, 0.5) is 4.39 Å². The molecule has 1 aromatic carbocycles. The second-order valence-electron chi connectivity index (χ2n) is 3.54. The van der Waals surface area contributed by atoms with E-state index in [4.69, 9.17) is 11.6 Å². The van der Waals surface area contributed by atoms with Crippen LogP contribution in [0.5, 0.6) is 0 Å². The Morgan fingerprint density at radius 2 is 1.93 bits per heavy atom. The van der Waals surface area contributed by atoms with Crippen molar-refractivity contribution in [3.8, 4) is 0 Å². The Morgan fingerprint density at radius 3 is 2.47 bits per heavy atom. The quantitative estimate of drug-likeness (QED) is 0.779. The molecule has 1 N–H and O–H groups in total. The van der Waals surface area contributed by atoms with Gasteiger partial charge >= 0.3 is 0 Å². The Labute approximate surface area is 95.0 Å². The van der Waals surface area contributed by atoms with Gasteiger partial charge in [0.2, 0.25) is 0 Å². The zero-order valence-corrected chi connectivity index (χ0v) is 9.74. The van der Waals surface area contributed by atoms with E-state index in [-0.39, 0.29) is 5.82 Å². The zero-order valence-electron chi connectivity index (χ0n) is 8.98. The van der Waals surface area contributed by atoms with E-state index in [0.717, 1.165) is 18.7 Å². The molecule has 0 atom stereocenters. The summed E-state index contributed by atoms with van der Waals surface area (Å²) in [5.41, 5.74) is 3.96. The van der Waals surface area contributed by atoms with Crippen LogP contribution < -0.4 is 5.32 Å². The van der Waals surface area contributed by atoms with Crippen LogP contribution in [-0.2, 0) is 6.54 Å². The summed E-state index contributed by atoms with van der Waals surface area (Å²) in [6, 6.07) is 3.72. The van der Waals surface area contributed by atoms with Crippen molar-refractivity contribution in [3.05, 3.63) is 46.3 Å². The van der Waals surface area contributed by atoms with Crippen LogP contribution in [-0.4, -0.2) is 6.54 Å². The summed E-state index contributed by atoms with van der Waals surface area (Å²) < 4.78 is 13.3. The maximum Gasteiger partial charge on any atom is 0.129 e. The summed E-state index contributed by atoms with van der Waals surface area (Å²) in [6.07, 6.45) is 1.82. The molecule has 15 heavy (non-hydrogen) atoms. The SMILES string of the molecule is Cc1cc(CNC/C=C/Cl)cc(C)c1F. The lowest BCUT2D eigenvalue weighted by Crippen LogP contribution is -2.13. The van der Waals surface area contributed by atoms with Crippen molar-refractivity contribution in [3.63, 3.8) is 0 Å². The van der Waals surface area contributed by atoms with Crippen LogP contribution in [0, 0.1) is 19.7 Å². The molecule has 1 nitrogen and oxygen atoms in total. The molecule has 0 radical (unpaired) electrons. The van der Waals surface area contributed by atoms with Crippen LogP contribution in [0.15, 0.2) is 23.7 Å². The van der Waals surface area contributed by atoms with E-state index in [2.05, 4.69) is 5.32 Å². The second kappa shape index (κ2) is 5.89. The number of aryl methyl sites for hydroxylation is 2. The number of benzene rings is 1. The van der Waals surface area contributed by atoms with Gasteiger partial charge in [-0.3, -0.25) is 0 Å². The maximum absolute atomic E-state index is 13.3. The third-order valence-corrected chi connectivity index (χ3v) is 2.35. The van der Waals surface area contributed by atoms with Crippen molar-refractivity contribution in [2.24, 2.45) is 0 Å². The predicted octanol–water partition coefficient (Wildman–Crippen LogP) is 3.28. The van der Waals surface area contributed by atoms with Crippen molar-refractivity contribution in [1.82, 2.24) is 5.32 Å². The molecular weight excluding hydrogens is 213 g/mol. The fourth-order valence-corrected chi connectivity index (χ4v) is 1.57. The van der Waals surface area contributed by atoms with Gasteiger partial charge in [-0.2, -0.15) is 0 Å². The first-order valence-corrected chi connectivity index (χ1v) is 5.30. The van der Waals surface area contributed by atoms with Gasteiger partial charge in [0.25, 0.3) is 0 Å². The lowest BCUT2D eigenvalue weighted by atomic mass is 10.1. The molecule has 0 aliphatic rings. The summed E-state index contributed by atoms with van der Waals surface area (Å²) in [4.78, 5) is 0.